The average Bonchev–Trinajstić information content (AvgIpc) is 3.35. The van der Waals surface area contributed by atoms with Crippen molar-refractivity contribution in [3.05, 3.63) is 53.3 Å². The fraction of sp³-hybridized carbons (Fsp3) is 0.567. The van der Waals surface area contributed by atoms with Gasteiger partial charge >= 0.3 is 5.97 Å². The quantitative estimate of drug-likeness (QED) is 0.420. The lowest BCUT2D eigenvalue weighted by Crippen LogP contribution is -2.44. The van der Waals surface area contributed by atoms with E-state index in [0.29, 0.717) is 57.9 Å². The Hall–Kier alpha value is -3.69. The zero-order valence-electron chi connectivity index (χ0n) is 23.9. The minimum absolute atomic E-state index is 0.0317. The number of amides is 3. The molecule has 1 aromatic carbocycles. The summed E-state index contributed by atoms with van der Waals surface area (Å²) in [4.78, 5) is 57.3. The summed E-state index contributed by atoms with van der Waals surface area (Å²) in [6, 6.07) is 11.4. The average molecular weight is 552 g/mol. The third kappa shape index (κ3) is 6.89. The molecule has 2 aliphatic heterocycles. The smallest absolute Gasteiger partial charge is 0.309 e. The van der Waals surface area contributed by atoms with Crippen LogP contribution < -0.4 is 0 Å². The van der Waals surface area contributed by atoms with Gasteiger partial charge in [0.25, 0.3) is 11.8 Å². The van der Waals surface area contributed by atoms with Crippen molar-refractivity contribution in [2.75, 3.05) is 32.8 Å². The van der Waals surface area contributed by atoms with Crippen molar-refractivity contribution in [2.24, 2.45) is 5.92 Å². The highest BCUT2D eigenvalue weighted by atomic mass is 16.5. The molecule has 3 amide bonds. The monoisotopic (exact) mass is 551 g/mol. The Morgan fingerprint density at radius 2 is 1.80 bits per heavy atom. The molecule has 0 radical (unpaired) electrons. The second-order valence-electron chi connectivity index (χ2n) is 10.6. The van der Waals surface area contributed by atoms with Gasteiger partial charge in [0.1, 0.15) is 5.69 Å². The van der Waals surface area contributed by atoms with Crippen molar-refractivity contribution >= 4 is 23.7 Å². The third-order valence-electron chi connectivity index (χ3n) is 7.94. The number of rotatable bonds is 10. The highest BCUT2D eigenvalue weighted by molar-refractivity contribution is 5.98. The van der Waals surface area contributed by atoms with Gasteiger partial charge in [0.15, 0.2) is 5.69 Å². The van der Waals surface area contributed by atoms with E-state index in [9.17, 15) is 19.2 Å². The molecule has 10 nitrogen and oxygen atoms in total. The van der Waals surface area contributed by atoms with Crippen LogP contribution in [0.3, 0.4) is 0 Å². The Morgan fingerprint density at radius 3 is 2.48 bits per heavy atom. The molecule has 0 aliphatic carbocycles. The molecule has 3 heterocycles. The summed E-state index contributed by atoms with van der Waals surface area (Å²) in [7, 11) is 0. The molecule has 10 heteroatoms. The number of ether oxygens (including phenoxy) is 1. The van der Waals surface area contributed by atoms with Gasteiger partial charge in [-0.15, -0.1) is 0 Å². The van der Waals surface area contributed by atoms with E-state index in [2.05, 4.69) is 5.10 Å². The van der Waals surface area contributed by atoms with Crippen LogP contribution in [0, 0.1) is 5.92 Å². The number of benzene rings is 1. The molecule has 2 aromatic rings. The zero-order chi connectivity index (χ0) is 28.6. The van der Waals surface area contributed by atoms with Crippen LogP contribution in [0.2, 0.25) is 0 Å². The molecule has 1 fully saturated rings. The number of aryl methyl sites for hydroxylation is 1. The van der Waals surface area contributed by atoms with Gasteiger partial charge in [-0.05, 0) is 45.1 Å². The minimum atomic E-state index is -0.272. The lowest BCUT2D eigenvalue weighted by atomic mass is 9.97. The van der Waals surface area contributed by atoms with Gasteiger partial charge in [0, 0.05) is 57.8 Å². The Balaban J connectivity index is 1.40. The van der Waals surface area contributed by atoms with E-state index in [1.165, 1.54) is 0 Å². The maximum atomic E-state index is 13.6. The predicted octanol–water partition coefficient (Wildman–Crippen LogP) is 3.36. The first-order chi connectivity index (χ1) is 19.3. The van der Waals surface area contributed by atoms with E-state index >= 15 is 0 Å². The summed E-state index contributed by atoms with van der Waals surface area (Å²) in [5, 5.41) is 4.54. The lowest BCUT2D eigenvalue weighted by Gasteiger charge is -2.32. The SMILES string of the molecule is CCOC(=O)C1CCN(C(=O)CCN(C(=O)c2cc3n(n2)CCCN(Cc2ccccc2)C3=O)C(C)CC)CC1. The van der Waals surface area contributed by atoms with Gasteiger partial charge in [0.2, 0.25) is 5.91 Å². The minimum Gasteiger partial charge on any atom is -0.466 e. The van der Waals surface area contributed by atoms with Gasteiger partial charge in [-0.25, -0.2) is 0 Å². The third-order valence-corrected chi connectivity index (χ3v) is 7.94. The zero-order valence-corrected chi connectivity index (χ0v) is 23.9. The van der Waals surface area contributed by atoms with E-state index < -0.39 is 0 Å². The maximum absolute atomic E-state index is 13.6. The fourth-order valence-electron chi connectivity index (χ4n) is 5.38. The summed E-state index contributed by atoms with van der Waals surface area (Å²) < 4.78 is 6.77. The molecule has 216 valence electrons. The molecule has 0 bridgehead atoms. The second-order valence-corrected chi connectivity index (χ2v) is 10.6. The Bertz CT molecular complexity index is 1190. The Labute approximate surface area is 236 Å². The van der Waals surface area contributed by atoms with Crippen molar-refractivity contribution < 1.29 is 23.9 Å². The Kier molecular flexibility index (Phi) is 9.95. The van der Waals surface area contributed by atoms with E-state index in [4.69, 9.17) is 4.74 Å². The number of aromatic nitrogens is 2. The van der Waals surface area contributed by atoms with E-state index in [0.717, 1.165) is 18.4 Å². The number of fused-ring (bicyclic) bond motifs is 1. The summed E-state index contributed by atoms with van der Waals surface area (Å²) in [5.41, 5.74) is 1.70. The molecule has 1 atom stereocenters. The first kappa shape index (κ1) is 29.3. The first-order valence-electron chi connectivity index (χ1n) is 14.5. The van der Waals surface area contributed by atoms with Crippen molar-refractivity contribution in [3.63, 3.8) is 0 Å². The molecule has 0 N–H and O–H groups in total. The fourth-order valence-corrected chi connectivity index (χ4v) is 5.38. The lowest BCUT2D eigenvalue weighted by molar-refractivity contribution is -0.151. The molecule has 1 unspecified atom stereocenters. The van der Waals surface area contributed by atoms with Gasteiger partial charge in [-0.2, -0.15) is 5.10 Å². The summed E-state index contributed by atoms with van der Waals surface area (Å²) >= 11 is 0. The largest absolute Gasteiger partial charge is 0.466 e. The second kappa shape index (κ2) is 13.6. The number of nitrogens with zero attached hydrogens (tertiary/aromatic N) is 5. The maximum Gasteiger partial charge on any atom is 0.309 e. The topological polar surface area (TPSA) is 105 Å². The molecule has 1 aromatic heterocycles. The molecule has 0 spiro atoms. The standard InChI is InChI=1S/C30H41N5O5/c1-4-22(3)34(19-14-27(36)32-17-12-24(13-18-32)30(39)40-5-2)28(37)25-20-26-29(38)33(15-9-16-35(26)31-25)21-23-10-7-6-8-11-23/h6-8,10-11,20,22,24H,4-5,9,12-19,21H2,1-3H3. The van der Waals surface area contributed by atoms with E-state index in [1.54, 1.807) is 32.4 Å². The number of likely N-dealkylation sites (tertiary alicyclic amines) is 1. The summed E-state index contributed by atoms with van der Waals surface area (Å²) in [6.07, 6.45) is 2.85. The van der Waals surface area contributed by atoms with Crippen LogP contribution in [0.15, 0.2) is 36.4 Å². The van der Waals surface area contributed by atoms with Crippen molar-refractivity contribution in [3.8, 4) is 0 Å². The van der Waals surface area contributed by atoms with Gasteiger partial charge < -0.3 is 19.4 Å². The van der Waals surface area contributed by atoms with Crippen molar-refractivity contribution in [2.45, 2.75) is 72.0 Å². The van der Waals surface area contributed by atoms with E-state index in [-0.39, 0.29) is 54.3 Å². The van der Waals surface area contributed by atoms with Gasteiger partial charge in [-0.3, -0.25) is 23.9 Å². The molecule has 1 saturated heterocycles. The molecule has 4 rings (SSSR count). The molecule has 2 aliphatic rings. The summed E-state index contributed by atoms with van der Waals surface area (Å²) in [6.45, 7) is 9.08. The van der Waals surface area contributed by atoms with Crippen LogP contribution in [-0.2, 0) is 27.4 Å². The highest BCUT2D eigenvalue weighted by Crippen LogP contribution is 2.21. The van der Waals surface area contributed by atoms with Gasteiger partial charge in [-0.1, -0.05) is 37.3 Å². The number of carbonyl (C=O) groups excluding carboxylic acids is 4. The Morgan fingerprint density at radius 1 is 1.07 bits per heavy atom. The van der Waals surface area contributed by atoms with Gasteiger partial charge in [0.05, 0.1) is 12.5 Å². The molecule has 40 heavy (non-hydrogen) atoms. The molecule has 0 saturated carbocycles. The van der Waals surface area contributed by atoms with Crippen LogP contribution in [0.1, 0.15) is 79.4 Å². The number of hydrogen-bond donors (Lipinski definition) is 0. The first-order valence-corrected chi connectivity index (χ1v) is 14.5. The van der Waals surface area contributed by atoms with Crippen molar-refractivity contribution in [1.29, 1.82) is 0 Å². The van der Waals surface area contributed by atoms with Crippen LogP contribution in [0.5, 0.6) is 0 Å². The number of esters is 1. The van der Waals surface area contributed by atoms with E-state index in [1.807, 2.05) is 44.2 Å². The van der Waals surface area contributed by atoms with Crippen LogP contribution in [-0.4, -0.2) is 87.0 Å². The number of hydrogen-bond acceptors (Lipinski definition) is 6. The predicted molar refractivity (Wildman–Crippen MR) is 149 cm³/mol. The molecular weight excluding hydrogens is 510 g/mol. The number of piperidine rings is 1. The number of carbonyl (C=O) groups is 4. The summed E-state index contributed by atoms with van der Waals surface area (Å²) in [5.74, 6) is -0.792. The van der Waals surface area contributed by atoms with Crippen molar-refractivity contribution in [1.82, 2.24) is 24.5 Å². The van der Waals surface area contributed by atoms with Crippen LogP contribution in [0.25, 0.3) is 0 Å². The molecular formula is C30H41N5O5. The van der Waals surface area contributed by atoms with Crippen LogP contribution >= 0.6 is 0 Å². The normalized spacial score (nSPS) is 16.7. The highest BCUT2D eigenvalue weighted by Gasteiger charge is 2.31. The van der Waals surface area contributed by atoms with Crippen LogP contribution in [0.4, 0.5) is 0 Å².